The van der Waals surface area contributed by atoms with Crippen molar-refractivity contribution in [1.29, 1.82) is 0 Å². The molecule has 0 unspecified atom stereocenters. The first-order valence-corrected chi connectivity index (χ1v) is 12.3. The standard InChI is InChI=1S/C25H48N2/c1-4-5-22-27-23-21-26-25(27)20-18-16-14-12-10-8-6-7-9-11-13-15-17-19-24(2)3/h21,23-24H,4-20,22H2,1-3H3/p+1. The van der Waals surface area contributed by atoms with Crippen molar-refractivity contribution in [3.05, 3.63) is 18.2 Å². The lowest BCUT2D eigenvalue weighted by atomic mass is 10.0. The number of rotatable bonds is 19. The van der Waals surface area contributed by atoms with Crippen molar-refractivity contribution in [2.45, 2.75) is 136 Å². The normalized spacial score (nSPS) is 11.6. The molecule has 0 aliphatic heterocycles. The zero-order chi connectivity index (χ0) is 19.6. The average molecular weight is 378 g/mol. The highest BCUT2D eigenvalue weighted by molar-refractivity contribution is 4.77. The van der Waals surface area contributed by atoms with Gasteiger partial charge in [0, 0.05) is 6.42 Å². The third-order valence-corrected chi connectivity index (χ3v) is 5.80. The second-order valence-corrected chi connectivity index (χ2v) is 8.98. The molecule has 1 heterocycles. The number of H-pyrrole nitrogens is 1. The van der Waals surface area contributed by atoms with Gasteiger partial charge < -0.3 is 0 Å². The van der Waals surface area contributed by atoms with E-state index in [4.69, 9.17) is 0 Å². The summed E-state index contributed by atoms with van der Waals surface area (Å²) in [6, 6.07) is 0. The summed E-state index contributed by atoms with van der Waals surface area (Å²) in [4.78, 5) is 3.43. The average Bonchev–Trinajstić information content (AvgIpc) is 3.10. The van der Waals surface area contributed by atoms with Gasteiger partial charge in [0.1, 0.15) is 12.4 Å². The smallest absolute Gasteiger partial charge is 0.248 e. The molecule has 0 aliphatic carbocycles. The van der Waals surface area contributed by atoms with Crippen molar-refractivity contribution in [2.75, 3.05) is 0 Å². The van der Waals surface area contributed by atoms with E-state index in [2.05, 4.69) is 42.7 Å². The zero-order valence-corrected chi connectivity index (χ0v) is 18.9. The van der Waals surface area contributed by atoms with E-state index in [1.54, 1.807) is 0 Å². The molecule has 0 aliphatic rings. The molecule has 0 bridgehead atoms. The first-order valence-electron chi connectivity index (χ1n) is 12.3. The number of nitrogens with zero attached hydrogens (tertiary/aromatic N) is 1. The summed E-state index contributed by atoms with van der Waals surface area (Å²) < 4.78 is 2.41. The fraction of sp³-hybridized carbons (Fsp3) is 0.880. The molecule has 0 spiro atoms. The molecule has 0 amide bonds. The van der Waals surface area contributed by atoms with E-state index in [9.17, 15) is 0 Å². The molecule has 27 heavy (non-hydrogen) atoms. The Kier molecular flexibility index (Phi) is 15.6. The van der Waals surface area contributed by atoms with Gasteiger partial charge in [-0.15, -0.1) is 0 Å². The molecule has 0 fully saturated rings. The summed E-state index contributed by atoms with van der Waals surface area (Å²) in [6.45, 7) is 8.12. The molecule has 158 valence electrons. The third-order valence-electron chi connectivity index (χ3n) is 5.80. The molecule has 1 N–H and O–H groups in total. The molecule has 0 aromatic carbocycles. The number of hydrogen-bond acceptors (Lipinski definition) is 0. The maximum absolute atomic E-state index is 3.43. The van der Waals surface area contributed by atoms with Crippen LogP contribution in [-0.2, 0) is 13.0 Å². The van der Waals surface area contributed by atoms with Crippen LogP contribution < -0.4 is 4.57 Å². The van der Waals surface area contributed by atoms with Crippen LogP contribution >= 0.6 is 0 Å². The highest BCUT2D eigenvalue weighted by Crippen LogP contribution is 2.14. The Morgan fingerprint density at radius 2 is 1.26 bits per heavy atom. The maximum atomic E-state index is 3.43. The van der Waals surface area contributed by atoms with E-state index in [1.165, 1.54) is 122 Å². The summed E-state index contributed by atoms with van der Waals surface area (Å²) in [6.07, 6.45) is 28.2. The molecule has 0 saturated carbocycles. The lowest BCUT2D eigenvalue weighted by Crippen LogP contribution is -2.35. The van der Waals surface area contributed by atoms with Crippen LogP contribution in [0, 0.1) is 5.92 Å². The van der Waals surface area contributed by atoms with Crippen LogP contribution in [0.4, 0.5) is 0 Å². The van der Waals surface area contributed by atoms with E-state index in [0.717, 1.165) is 5.92 Å². The van der Waals surface area contributed by atoms with Crippen molar-refractivity contribution in [2.24, 2.45) is 5.92 Å². The second kappa shape index (κ2) is 17.3. The quantitative estimate of drug-likeness (QED) is 0.188. The van der Waals surface area contributed by atoms with Crippen molar-refractivity contribution in [3.63, 3.8) is 0 Å². The first kappa shape index (κ1) is 24.2. The Labute approximate surface area is 170 Å². The topological polar surface area (TPSA) is 19.7 Å². The van der Waals surface area contributed by atoms with E-state index in [1.807, 2.05) is 0 Å². The summed E-state index contributed by atoms with van der Waals surface area (Å²) in [7, 11) is 0. The first-order chi connectivity index (χ1) is 13.2. The van der Waals surface area contributed by atoms with E-state index in [0.29, 0.717) is 0 Å². The van der Waals surface area contributed by atoms with Crippen LogP contribution in [0.5, 0.6) is 0 Å². The maximum Gasteiger partial charge on any atom is 0.254 e. The summed E-state index contributed by atoms with van der Waals surface area (Å²) in [5, 5.41) is 0. The van der Waals surface area contributed by atoms with E-state index in [-0.39, 0.29) is 0 Å². The number of aromatic amines is 1. The van der Waals surface area contributed by atoms with Gasteiger partial charge in [-0.1, -0.05) is 111 Å². The fourth-order valence-electron chi connectivity index (χ4n) is 3.94. The van der Waals surface area contributed by atoms with Crippen LogP contribution in [0.1, 0.15) is 129 Å². The molecular formula is C25H49N2+. The van der Waals surface area contributed by atoms with E-state index < -0.39 is 0 Å². The van der Waals surface area contributed by atoms with E-state index >= 15 is 0 Å². The molecule has 0 saturated heterocycles. The molecule has 2 heteroatoms. The lowest BCUT2D eigenvalue weighted by Gasteiger charge is -2.05. The highest BCUT2D eigenvalue weighted by atomic mass is 15.1. The summed E-state index contributed by atoms with van der Waals surface area (Å²) in [5.74, 6) is 2.31. The minimum atomic E-state index is 0.889. The predicted molar refractivity (Wildman–Crippen MR) is 119 cm³/mol. The van der Waals surface area contributed by atoms with Crippen molar-refractivity contribution < 1.29 is 4.57 Å². The number of hydrogen-bond donors (Lipinski definition) is 1. The third kappa shape index (κ3) is 13.9. The molecule has 1 aromatic heterocycles. The van der Waals surface area contributed by atoms with Crippen molar-refractivity contribution in [1.82, 2.24) is 4.98 Å². The molecule has 1 aromatic rings. The Morgan fingerprint density at radius 1 is 0.741 bits per heavy atom. The van der Waals surface area contributed by atoms with Crippen LogP contribution in [0.3, 0.4) is 0 Å². The summed E-state index contributed by atoms with van der Waals surface area (Å²) in [5.41, 5.74) is 0. The van der Waals surface area contributed by atoms with Gasteiger partial charge in [-0.3, -0.25) is 0 Å². The van der Waals surface area contributed by atoms with Gasteiger partial charge in [-0.25, -0.2) is 9.55 Å². The van der Waals surface area contributed by atoms with Crippen LogP contribution in [0.15, 0.2) is 12.4 Å². The Bertz CT molecular complexity index is 422. The molecule has 1 rings (SSSR count). The van der Waals surface area contributed by atoms with Gasteiger partial charge in [-0.2, -0.15) is 0 Å². The molecular weight excluding hydrogens is 328 g/mol. The number of aromatic nitrogens is 2. The highest BCUT2D eigenvalue weighted by Gasteiger charge is 2.08. The number of nitrogens with one attached hydrogen (secondary N) is 1. The molecule has 0 radical (unpaired) electrons. The van der Waals surface area contributed by atoms with Crippen molar-refractivity contribution >= 4 is 0 Å². The van der Waals surface area contributed by atoms with Crippen LogP contribution in [0.25, 0.3) is 0 Å². The number of imidazole rings is 1. The van der Waals surface area contributed by atoms with Gasteiger partial charge >= 0.3 is 0 Å². The second-order valence-electron chi connectivity index (χ2n) is 8.98. The zero-order valence-electron chi connectivity index (χ0n) is 18.9. The largest absolute Gasteiger partial charge is 0.254 e. The number of unbranched alkanes of at least 4 members (excludes halogenated alkanes) is 13. The number of aryl methyl sites for hydroxylation is 2. The summed E-state index contributed by atoms with van der Waals surface area (Å²) >= 11 is 0. The monoisotopic (exact) mass is 377 g/mol. The van der Waals surface area contributed by atoms with Crippen molar-refractivity contribution in [3.8, 4) is 0 Å². The minimum absolute atomic E-state index is 0.889. The molecule has 2 nitrogen and oxygen atoms in total. The SMILES string of the molecule is CCCC[n+]1cc[nH]c1CCCCCCCCCCCCCCCC(C)C. The predicted octanol–water partition coefficient (Wildman–Crippen LogP) is 7.76. The van der Waals surface area contributed by atoms with Gasteiger partial charge in [0.15, 0.2) is 0 Å². The Morgan fingerprint density at radius 3 is 1.78 bits per heavy atom. The van der Waals surface area contributed by atoms with Gasteiger partial charge in [-0.05, 0) is 18.8 Å². The molecule has 0 atom stereocenters. The van der Waals surface area contributed by atoms with Gasteiger partial charge in [0.25, 0.3) is 5.82 Å². The van der Waals surface area contributed by atoms with Gasteiger partial charge in [0.05, 0.1) is 6.54 Å². The van der Waals surface area contributed by atoms with Crippen LogP contribution in [0.2, 0.25) is 0 Å². The van der Waals surface area contributed by atoms with Crippen LogP contribution in [-0.4, -0.2) is 4.98 Å². The fourth-order valence-corrected chi connectivity index (χ4v) is 3.94. The minimum Gasteiger partial charge on any atom is -0.248 e. The lowest BCUT2D eigenvalue weighted by molar-refractivity contribution is -0.703. The van der Waals surface area contributed by atoms with Gasteiger partial charge in [0.2, 0.25) is 0 Å². The Balaban J connectivity index is 1.81. The Hall–Kier alpha value is -0.790.